The predicted molar refractivity (Wildman–Crippen MR) is 85.3 cm³/mol. The van der Waals surface area contributed by atoms with E-state index in [0.29, 0.717) is 12.0 Å². The molecule has 2 N–H and O–H groups in total. The number of hydrogen-bond acceptors (Lipinski definition) is 4. The molecule has 22 heavy (non-hydrogen) atoms. The van der Waals surface area contributed by atoms with Gasteiger partial charge < -0.3 is 15.2 Å². The Labute approximate surface area is 130 Å². The Morgan fingerprint density at radius 1 is 1.50 bits per heavy atom. The van der Waals surface area contributed by atoms with Crippen molar-refractivity contribution in [2.24, 2.45) is 5.92 Å². The van der Waals surface area contributed by atoms with Gasteiger partial charge in [-0.15, -0.1) is 0 Å². The molecule has 2 atom stereocenters. The monoisotopic (exact) mass is 302 g/mol. The second kappa shape index (κ2) is 6.40. The minimum atomic E-state index is -0.866. The summed E-state index contributed by atoms with van der Waals surface area (Å²) in [6.45, 7) is 2.87. The molecule has 5 heteroatoms. The van der Waals surface area contributed by atoms with Crippen LogP contribution >= 0.6 is 0 Å². The fourth-order valence-electron chi connectivity index (χ4n) is 3.45. The molecule has 0 amide bonds. The number of ether oxygens (including phenoxy) is 1. The normalized spacial score (nSPS) is 25.0. The van der Waals surface area contributed by atoms with Crippen molar-refractivity contribution in [3.05, 3.63) is 35.9 Å². The molecule has 0 aliphatic carbocycles. The number of nitrogens with zero attached hydrogens (tertiary/aromatic N) is 1. The average Bonchev–Trinajstić information content (AvgIpc) is 2.96. The Balaban J connectivity index is 1.74. The maximum absolute atomic E-state index is 10.7. The standard InChI is InChI=1S/C17H22N2O3/c1-22-13-5-6-15-14(9-13)16(10-18-15)19-8-2-3-12(11-19)4-7-17(20)21/h4-7,9,12,16,18H,2-3,8,10-11H2,1H3,(H,20,21)/b7-4+. The lowest BCUT2D eigenvalue weighted by molar-refractivity contribution is -0.131. The summed E-state index contributed by atoms with van der Waals surface area (Å²) in [6, 6.07) is 6.49. The van der Waals surface area contributed by atoms with Crippen molar-refractivity contribution in [3.8, 4) is 5.75 Å². The first kappa shape index (κ1) is 14.9. The van der Waals surface area contributed by atoms with Crippen LogP contribution in [0.2, 0.25) is 0 Å². The molecule has 3 rings (SSSR count). The van der Waals surface area contributed by atoms with Crippen LogP contribution in [-0.2, 0) is 4.79 Å². The first-order valence-corrected chi connectivity index (χ1v) is 7.74. The highest BCUT2D eigenvalue weighted by Crippen LogP contribution is 2.38. The Morgan fingerprint density at radius 3 is 3.14 bits per heavy atom. The third-order valence-electron chi connectivity index (χ3n) is 4.54. The first-order chi connectivity index (χ1) is 10.7. The largest absolute Gasteiger partial charge is 0.497 e. The molecule has 1 saturated heterocycles. The number of carboxylic acid groups (broad SMARTS) is 1. The molecular weight excluding hydrogens is 280 g/mol. The lowest BCUT2D eigenvalue weighted by atomic mass is 9.95. The van der Waals surface area contributed by atoms with Crippen LogP contribution in [0.1, 0.15) is 24.4 Å². The summed E-state index contributed by atoms with van der Waals surface area (Å²) in [7, 11) is 1.69. The number of piperidine rings is 1. The van der Waals surface area contributed by atoms with E-state index in [1.807, 2.05) is 12.1 Å². The topological polar surface area (TPSA) is 61.8 Å². The highest BCUT2D eigenvalue weighted by molar-refractivity contribution is 5.79. The van der Waals surface area contributed by atoms with Gasteiger partial charge in [-0.3, -0.25) is 4.90 Å². The Morgan fingerprint density at radius 2 is 2.36 bits per heavy atom. The SMILES string of the molecule is COc1ccc2c(c1)C(N1CCCC(/C=C/C(=O)O)C1)CN2. The van der Waals surface area contributed by atoms with Gasteiger partial charge in [-0.1, -0.05) is 6.08 Å². The van der Waals surface area contributed by atoms with Crippen LogP contribution < -0.4 is 10.1 Å². The molecule has 0 bridgehead atoms. The molecule has 1 fully saturated rings. The average molecular weight is 302 g/mol. The minimum absolute atomic E-state index is 0.319. The highest BCUT2D eigenvalue weighted by Gasteiger charge is 2.31. The van der Waals surface area contributed by atoms with Crippen molar-refractivity contribution in [1.82, 2.24) is 4.90 Å². The number of methoxy groups -OCH3 is 1. The van der Waals surface area contributed by atoms with Gasteiger partial charge in [0.05, 0.1) is 13.2 Å². The summed E-state index contributed by atoms with van der Waals surface area (Å²) >= 11 is 0. The summed E-state index contributed by atoms with van der Waals surface area (Å²) < 4.78 is 5.34. The molecule has 1 aromatic carbocycles. The second-order valence-corrected chi connectivity index (χ2v) is 5.94. The van der Waals surface area contributed by atoms with Crippen molar-refractivity contribution >= 4 is 11.7 Å². The molecule has 2 unspecified atom stereocenters. The first-order valence-electron chi connectivity index (χ1n) is 7.74. The summed E-state index contributed by atoms with van der Waals surface area (Å²) in [5.74, 6) is 0.334. The number of rotatable bonds is 4. The number of carbonyl (C=O) groups is 1. The van der Waals surface area contributed by atoms with E-state index in [4.69, 9.17) is 9.84 Å². The maximum Gasteiger partial charge on any atom is 0.327 e. The summed E-state index contributed by atoms with van der Waals surface area (Å²) in [5.41, 5.74) is 2.45. The quantitative estimate of drug-likeness (QED) is 0.837. The van der Waals surface area contributed by atoms with Gasteiger partial charge >= 0.3 is 5.97 Å². The smallest absolute Gasteiger partial charge is 0.327 e. The fraction of sp³-hybridized carbons (Fsp3) is 0.471. The number of hydrogen-bond donors (Lipinski definition) is 2. The van der Waals surface area contributed by atoms with E-state index in [0.717, 1.165) is 38.2 Å². The molecule has 0 spiro atoms. The Bertz CT molecular complexity index is 585. The number of nitrogens with one attached hydrogen (secondary N) is 1. The van der Waals surface area contributed by atoms with Crippen LogP contribution in [0.3, 0.4) is 0 Å². The van der Waals surface area contributed by atoms with Crippen LogP contribution in [0.25, 0.3) is 0 Å². The zero-order valence-electron chi connectivity index (χ0n) is 12.8. The zero-order chi connectivity index (χ0) is 15.5. The van der Waals surface area contributed by atoms with Gasteiger partial charge in [0.15, 0.2) is 0 Å². The van der Waals surface area contributed by atoms with Crippen LogP contribution in [0, 0.1) is 5.92 Å². The zero-order valence-corrected chi connectivity index (χ0v) is 12.8. The summed E-state index contributed by atoms with van der Waals surface area (Å²) in [6.07, 6.45) is 5.28. The molecule has 2 aliphatic rings. The Hall–Kier alpha value is -2.01. The summed E-state index contributed by atoms with van der Waals surface area (Å²) in [5, 5.41) is 12.2. The number of likely N-dealkylation sites (tertiary alicyclic amines) is 1. The van der Waals surface area contributed by atoms with E-state index in [1.54, 1.807) is 7.11 Å². The minimum Gasteiger partial charge on any atom is -0.497 e. The van der Waals surface area contributed by atoms with Crippen molar-refractivity contribution in [3.63, 3.8) is 0 Å². The van der Waals surface area contributed by atoms with Crippen molar-refractivity contribution in [1.29, 1.82) is 0 Å². The molecule has 5 nitrogen and oxygen atoms in total. The van der Waals surface area contributed by atoms with Gasteiger partial charge in [-0.2, -0.15) is 0 Å². The van der Waals surface area contributed by atoms with Crippen LogP contribution in [0.15, 0.2) is 30.4 Å². The van der Waals surface area contributed by atoms with Crippen molar-refractivity contribution < 1.29 is 14.6 Å². The third kappa shape index (κ3) is 3.09. The molecule has 118 valence electrons. The second-order valence-electron chi connectivity index (χ2n) is 5.94. The number of aliphatic carboxylic acids is 1. The highest BCUT2D eigenvalue weighted by atomic mass is 16.5. The van der Waals surface area contributed by atoms with Crippen LogP contribution in [0.4, 0.5) is 5.69 Å². The third-order valence-corrected chi connectivity index (χ3v) is 4.54. The Kier molecular flexibility index (Phi) is 4.34. The van der Waals surface area contributed by atoms with E-state index in [2.05, 4.69) is 22.3 Å². The number of fused-ring (bicyclic) bond motifs is 1. The van der Waals surface area contributed by atoms with Gasteiger partial charge in [0.25, 0.3) is 0 Å². The van der Waals surface area contributed by atoms with E-state index in [-0.39, 0.29) is 0 Å². The lowest BCUT2D eigenvalue weighted by Crippen LogP contribution is -2.38. The van der Waals surface area contributed by atoms with Crippen molar-refractivity contribution in [2.45, 2.75) is 18.9 Å². The van der Waals surface area contributed by atoms with E-state index in [1.165, 1.54) is 17.3 Å². The predicted octanol–water partition coefficient (Wildman–Crippen LogP) is 2.51. The van der Waals surface area contributed by atoms with Gasteiger partial charge in [0.1, 0.15) is 5.75 Å². The number of anilines is 1. The number of benzene rings is 1. The fourth-order valence-corrected chi connectivity index (χ4v) is 3.45. The van der Waals surface area contributed by atoms with Crippen LogP contribution in [-0.4, -0.2) is 42.7 Å². The molecule has 0 aromatic heterocycles. The van der Waals surface area contributed by atoms with E-state index in [9.17, 15) is 4.79 Å². The van der Waals surface area contributed by atoms with Crippen LogP contribution in [0.5, 0.6) is 5.75 Å². The molecule has 2 heterocycles. The summed E-state index contributed by atoms with van der Waals surface area (Å²) in [4.78, 5) is 13.1. The van der Waals surface area contributed by atoms with E-state index < -0.39 is 5.97 Å². The van der Waals surface area contributed by atoms with Gasteiger partial charge in [0.2, 0.25) is 0 Å². The molecule has 0 radical (unpaired) electrons. The van der Waals surface area contributed by atoms with Gasteiger partial charge in [0, 0.05) is 24.9 Å². The molecule has 0 saturated carbocycles. The van der Waals surface area contributed by atoms with Crippen molar-refractivity contribution in [2.75, 3.05) is 32.1 Å². The molecular formula is C17H22N2O3. The van der Waals surface area contributed by atoms with E-state index >= 15 is 0 Å². The lowest BCUT2D eigenvalue weighted by Gasteiger charge is -2.35. The maximum atomic E-state index is 10.7. The number of carboxylic acids is 1. The van der Waals surface area contributed by atoms with Gasteiger partial charge in [-0.05, 0) is 49.1 Å². The molecule has 2 aliphatic heterocycles. The van der Waals surface area contributed by atoms with Gasteiger partial charge in [-0.25, -0.2) is 4.79 Å². The molecule has 1 aromatic rings.